The Balaban J connectivity index is 1.78. The normalized spacial score (nSPS) is 37.6. The number of rotatable bonds is 2. The van der Waals surface area contributed by atoms with Crippen molar-refractivity contribution in [3.05, 3.63) is 12.2 Å². The van der Waals surface area contributed by atoms with Gasteiger partial charge in [0.05, 0.1) is 6.61 Å². The van der Waals surface area contributed by atoms with Crippen LogP contribution < -0.4 is 0 Å². The standard InChI is InChI=1S/C12H18O2/c1-9(13)14-8-12-10-6-4-2-3-5-7-11(10)12/h2-3,10-12H,4-8H2,1H3/b3-2-. The zero-order valence-corrected chi connectivity index (χ0v) is 8.74. The fraction of sp³-hybridized carbons (Fsp3) is 0.750. The van der Waals surface area contributed by atoms with E-state index in [1.54, 1.807) is 0 Å². The van der Waals surface area contributed by atoms with Gasteiger partial charge < -0.3 is 4.74 Å². The number of carbonyl (C=O) groups is 1. The molecule has 0 aromatic heterocycles. The molecular weight excluding hydrogens is 176 g/mol. The van der Waals surface area contributed by atoms with Gasteiger partial charge in [-0.1, -0.05) is 12.2 Å². The van der Waals surface area contributed by atoms with E-state index in [4.69, 9.17) is 4.74 Å². The summed E-state index contributed by atoms with van der Waals surface area (Å²) in [4.78, 5) is 10.7. The van der Waals surface area contributed by atoms with Crippen LogP contribution in [-0.4, -0.2) is 12.6 Å². The van der Waals surface area contributed by atoms with Gasteiger partial charge >= 0.3 is 5.97 Å². The van der Waals surface area contributed by atoms with Crippen LogP contribution in [-0.2, 0) is 9.53 Å². The van der Waals surface area contributed by atoms with Gasteiger partial charge in [-0.2, -0.15) is 0 Å². The fourth-order valence-corrected chi connectivity index (χ4v) is 2.65. The summed E-state index contributed by atoms with van der Waals surface area (Å²) < 4.78 is 5.08. The molecule has 14 heavy (non-hydrogen) atoms. The first-order chi connectivity index (χ1) is 6.79. The molecule has 0 aromatic carbocycles. The average molecular weight is 194 g/mol. The van der Waals surface area contributed by atoms with Gasteiger partial charge in [-0.05, 0) is 43.4 Å². The van der Waals surface area contributed by atoms with E-state index in [2.05, 4.69) is 12.2 Å². The average Bonchev–Trinajstić information content (AvgIpc) is 2.72. The molecule has 0 heterocycles. The van der Waals surface area contributed by atoms with Gasteiger partial charge in [-0.15, -0.1) is 0 Å². The molecule has 78 valence electrons. The van der Waals surface area contributed by atoms with Crippen molar-refractivity contribution in [1.82, 2.24) is 0 Å². The summed E-state index contributed by atoms with van der Waals surface area (Å²) in [6, 6.07) is 0. The molecule has 0 aliphatic heterocycles. The van der Waals surface area contributed by atoms with Gasteiger partial charge in [-0.3, -0.25) is 4.79 Å². The fourth-order valence-electron chi connectivity index (χ4n) is 2.65. The zero-order chi connectivity index (χ0) is 9.97. The van der Waals surface area contributed by atoms with Crippen LogP contribution in [0.15, 0.2) is 12.2 Å². The van der Waals surface area contributed by atoms with Crippen LogP contribution in [0.3, 0.4) is 0 Å². The minimum Gasteiger partial charge on any atom is -0.466 e. The molecule has 0 aromatic rings. The second-order valence-corrected chi connectivity index (χ2v) is 4.42. The molecule has 1 saturated carbocycles. The number of esters is 1. The number of hydrogen-bond donors (Lipinski definition) is 0. The Bertz CT molecular complexity index is 229. The van der Waals surface area contributed by atoms with Crippen LogP contribution in [0.2, 0.25) is 0 Å². The summed E-state index contributed by atoms with van der Waals surface area (Å²) in [6.45, 7) is 2.15. The van der Waals surface area contributed by atoms with Crippen LogP contribution in [0.25, 0.3) is 0 Å². The SMILES string of the molecule is CC(=O)OCC1C2CC/C=C\CCC21. The lowest BCUT2D eigenvalue weighted by atomic mass is 10.1. The summed E-state index contributed by atoms with van der Waals surface area (Å²) in [5.41, 5.74) is 0. The molecule has 0 saturated heterocycles. The van der Waals surface area contributed by atoms with Gasteiger partial charge in [0.25, 0.3) is 0 Å². The van der Waals surface area contributed by atoms with E-state index in [9.17, 15) is 4.79 Å². The third-order valence-electron chi connectivity index (χ3n) is 3.49. The smallest absolute Gasteiger partial charge is 0.302 e. The summed E-state index contributed by atoms with van der Waals surface area (Å²) in [7, 11) is 0. The maximum atomic E-state index is 10.7. The summed E-state index contributed by atoms with van der Waals surface area (Å²) in [5, 5.41) is 0. The van der Waals surface area contributed by atoms with Crippen molar-refractivity contribution in [3.8, 4) is 0 Å². The molecular formula is C12H18O2. The number of carbonyl (C=O) groups excluding carboxylic acids is 1. The van der Waals surface area contributed by atoms with Crippen molar-refractivity contribution in [2.45, 2.75) is 32.6 Å². The lowest BCUT2D eigenvalue weighted by molar-refractivity contribution is -0.141. The first kappa shape index (κ1) is 9.75. The molecule has 1 fully saturated rings. The van der Waals surface area contributed by atoms with Crippen molar-refractivity contribution in [2.24, 2.45) is 17.8 Å². The van der Waals surface area contributed by atoms with Gasteiger partial charge in [0.15, 0.2) is 0 Å². The Kier molecular flexibility index (Phi) is 2.90. The molecule has 0 spiro atoms. The van der Waals surface area contributed by atoms with Crippen molar-refractivity contribution in [3.63, 3.8) is 0 Å². The molecule has 0 amide bonds. The third kappa shape index (κ3) is 2.17. The van der Waals surface area contributed by atoms with E-state index < -0.39 is 0 Å². The van der Waals surface area contributed by atoms with Gasteiger partial charge in [-0.25, -0.2) is 0 Å². The van der Waals surface area contributed by atoms with E-state index in [0.29, 0.717) is 12.5 Å². The van der Waals surface area contributed by atoms with Gasteiger partial charge in [0.2, 0.25) is 0 Å². The second kappa shape index (κ2) is 4.16. The third-order valence-corrected chi connectivity index (χ3v) is 3.49. The van der Waals surface area contributed by atoms with Crippen LogP contribution >= 0.6 is 0 Å². The predicted molar refractivity (Wildman–Crippen MR) is 54.7 cm³/mol. The van der Waals surface area contributed by atoms with Crippen molar-refractivity contribution < 1.29 is 9.53 Å². The molecule has 2 atom stereocenters. The predicted octanol–water partition coefficient (Wildman–Crippen LogP) is 2.54. The first-order valence-electron chi connectivity index (χ1n) is 5.57. The summed E-state index contributed by atoms with van der Waals surface area (Å²) in [5.74, 6) is 2.19. The highest BCUT2D eigenvalue weighted by atomic mass is 16.5. The van der Waals surface area contributed by atoms with Gasteiger partial charge in [0.1, 0.15) is 0 Å². The molecule has 0 N–H and O–H groups in total. The lowest BCUT2D eigenvalue weighted by Gasteiger charge is -1.99. The van der Waals surface area contributed by atoms with Crippen LogP contribution in [0, 0.1) is 17.8 Å². The Morgan fingerprint density at radius 3 is 2.36 bits per heavy atom. The van der Waals surface area contributed by atoms with E-state index in [1.807, 2.05) is 0 Å². The topological polar surface area (TPSA) is 26.3 Å². The van der Waals surface area contributed by atoms with Gasteiger partial charge in [0, 0.05) is 6.92 Å². The van der Waals surface area contributed by atoms with E-state index >= 15 is 0 Å². The largest absolute Gasteiger partial charge is 0.466 e. The Labute approximate surface area is 85.3 Å². The second-order valence-electron chi connectivity index (χ2n) is 4.42. The first-order valence-corrected chi connectivity index (χ1v) is 5.57. The highest BCUT2D eigenvalue weighted by Crippen LogP contribution is 2.52. The molecule has 2 unspecified atom stereocenters. The van der Waals surface area contributed by atoms with Crippen LogP contribution in [0.1, 0.15) is 32.6 Å². The van der Waals surface area contributed by atoms with Crippen molar-refractivity contribution >= 4 is 5.97 Å². The highest BCUT2D eigenvalue weighted by Gasteiger charge is 2.48. The maximum Gasteiger partial charge on any atom is 0.302 e. The Morgan fingerprint density at radius 1 is 1.29 bits per heavy atom. The monoisotopic (exact) mass is 194 g/mol. The minimum atomic E-state index is -0.137. The number of fused-ring (bicyclic) bond motifs is 1. The highest BCUT2D eigenvalue weighted by molar-refractivity contribution is 5.65. The lowest BCUT2D eigenvalue weighted by Crippen LogP contribution is -2.03. The van der Waals surface area contributed by atoms with Crippen LogP contribution in [0.5, 0.6) is 0 Å². The number of hydrogen-bond acceptors (Lipinski definition) is 2. The zero-order valence-electron chi connectivity index (χ0n) is 8.74. The maximum absolute atomic E-state index is 10.7. The molecule has 2 heteroatoms. The number of ether oxygens (including phenoxy) is 1. The van der Waals surface area contributed by atoms with Crippen molar-refractivity contribution in [1.29, 1.82) is 0 Å². The van der Waals surface area contributed by atoms with E-state index in [1.165, 1.54) is 32.6 Å². The quantitative estimate of drug-likeness (QED) is 0.499. The Morgan fingerprint density at radius 2 is 1.86 bits per heavy atom. The molecule has 2 nitrogen and oxygen atoms in total. The van der Waals surface area contributed by atoms with E-state index in [0.717, 1.165) is 11.8 Å². The minimum absolute atomic E-state index is 0.137. The van der Waals surface area contributed by atoms with E-state index in [-0.39, 0.29) is 5.97 Å². The number of allylic oxidation sites excluding steroid dienone is 2. The molecule has 2 aliphatic rings. The Hall–Kier alpha value is -0.790. The summed E-state index contributed by atoms with van der Waals surface area (Å²) >= 11 is 0. The molecule has 0 radical (unpaired) electrons. The summed E-state index contributed by atoms with van der Waals surface area (Å²) in [6.07, 6.45) is 9.56. The van der Waals surface area contributed by atoms with Crippen LogP contribution in [0.4, 0.5) is 0 Å². The van der Waals surface area contributed by atoms with Crippen molar-refractivity contribution in [2.75, 3.05) is 6.61 Å². The molecule has 2 aliphatic carbocycles. The molecule has 0 bridgehead atoms. The molecule has 2 rings (SSSR count).